The lowest BCUT2D eigenvalue weighted by Gasteiger charge is -2.36. The van der Waals surface area contributed by atoms with Crippen LogP contribution >= 0.6 is 0 Å². The van der Waals surface area contributed by atoms with Crippen LogP contribution in [0.1, 0.15) is 52.6 Å². The topological polar surface area (TPSA) is 59.6 Å². The van der Waals surface area contributed by atoms with Gasteiger partial charge in [0.1, 0.15) is 6.10 Å². The van der Waals surface area contributed by atoms with E-state index in [0.29, 0.717) is 17.2 Å². The van der Waals surface area contributed by atoms with Crippen LogP contribution < -0.4 is 0 Å². The maximum absolute atomic E-state index is 13.3. The summed E-state index contributed by atoms with van der Waals surface area (Å²) >= 11 is 0. The van der Waals surface area contributed by atoms with Crippen molar-refractivity contribution in [3.63, 3.8) is 0 Å². The van der Waals surface area contributed by atoms with E-state index in [2.05, 4.69) is 70.8 Å². The number of nitrogens with zero attached hydrogens (tertiary/aromatic N) is 2. The smallest absolute Gasteiger partial charge is 0.195 e. The van der Waals surface area contributed by atoms with Crippen LogP contribution in [0, 0.1) is 11.8 Å². The predicted octanol–water partition coefficient (Wildman–Crippen LogP) is 6.68. The van der Waals surface area contributed by atoms with E-state index in [1.807, 2.05) is 48.7 Å². The van der Waals surface area contributed by atoms with Crippen LogP contribution in [0.2, 0.25) is 0 Å². The fourth-order valence-corrected chi connectivity index (χ4v) is 5.86. The SMILES string of the molecule is CC(C)N1CCN(Cc2ccc(C#Cc3cccc(C(O)C(=O)c4ccccc4)c3-c3ccc4cc[nH]c4c3)cc2)CC1. The fourth-order valence-electron chi connectivity index (χ4n) is 5.86. The standard InChI is InChI=1S/C38H37N3O2/c1-27(2)41-23-21-40(22-24-41)26-29-13-11-28(12-14-29)15-16-31-9-6-10-34(38(43)37(42)32-7-4-3-5-8-32)36(31)33-18-17-30-19-20-39-35(30)25-33/h3-14,17-20,25,27,38-39,43H,21-24,26H2,1-2H3. The average molecular weight is 568 g/mol. The Morgan fingerprint density at radius 3 is 2.37 bits per heavy atom. The summed E-state index contributed by atoms with van der Waals surface area (Å²) in [6.45, 7) is 9.89. The zero-order chi connectivity index (χ0) is 29.8. The number of fused-ring (bicyclic) bond motifs is 1. The molecule has 5 heteroatoms. The summed E-state index contributed by atoms with van der Waals surface area (Å²) in [6.07, 6.45) is 0.588. The van der Waals surface area contributed by atoms with Crippen molar-refractivity contribution in [1.29, 1.82) is 0 Å². The number of Topliss-reactive ketones (excluding diaryl/α,β-unsaturated/α-hetero) is 1. The van der Waals surface area contributed by atoms with E-state index in [4.69, 9.17) is 0 Å². The molecule has 0 spiro atoms. The highest BCUT2D eigenvalue weighted by Gasteiger charge is 2.24. The van der Waals surface area contributed by atoms with E-state index in [0.717, 1.165) is 65.9 Å². The van der Waals surface area contributed by atoms with Gasteiger partial charge in [0.05, 0.1) is 0 Å². The third-order valence-electron chi connectivity index (χ3n) is 8.38. The Balaban J connectivity index is 1.29. The van der Waals surface area contributed by atoms with Crippen LogP contribution in [0.3, 0.4) is 0 Å². The highest BCUT2D eigenvalue weighted by atomic mass is 16.3. The van der Waals surface area contributed by atoms with Gasteiger partial charge in [0.15, 0.2) is 5.78 Å². The molecule has 0 bridgehead atoms. The number of H-pyrrole nitrogens is 1. The summed E-state index contributed by atoms with van der Waals surface area (Å²) in [7, 11) is 0. The molecule has 5 nitrogen and oxygen atoms in total. The normalized spacial score (nSPS) is 14.9. The van der Waals surface area contributed by atoms with Crippen molar-refractivity contribution in [2.24, 2.45) is 0 Å². The number of ketones is 1. The molecule has 0 amide bonds. The zero-order valence-electron chi connectivity index (χ0n) is 24.8. The van der Waals surface area contributed by atoms with Gasteiger partial charge in [0.2, 0.25) is 0 Å². The third kappa shape index (κ3) is 6.48. The largest absolute Gasteiger partial charge is 0.380 e. The molecule has 0 aliphatic carbocycles. The molecule has 43 heavy (non-hydrogen) atoms. The number of aromatic nitrogens is 1. The molecule has 0 radical (unpaired) electrons. The fraction of sp³-hybridized carbons (Fsp3) is 0.237. The van der Waals surface area contributed by atoms with Crippen LogP contribution in [0.5, 0.6) is 0 Å². The lowest BCUT2D eigenvalue weighted by atomic mass is 9.88. The first kappa shape index (κ1) is 28.6. The first-order valence-electron chi connectivity index (χ1n) is 15.0. The van der Waals surface area contributed by atoms with Crippen LogP contribution in [-0.4, -0.2) is 57.9 Å². The minimum Gasteiger partial charge on any atom is -0.380 e. The molecule has 1 aromatic heterocycles. The van der Waals surface area contributed by atoms with Crippen molar-refractivity contribution in [3.05, 3.63) is 131 Å². The molecular formula is C38H37N3O2. The molecule has 5 aromatic rings. The number of aliphatic hydroxyl groups is 1. The molecule has 2 heterocycles. The first-order valence-corrected chi connectivity index (χ1v) is 15.0. The van der Waals surface area contributed by atoms with Gasteiger partial charge in [-0.3, -0.25) is 14.6 Å². The average Bonchev–Trinajstić information content (AvgIpc) is 3.52. The summed E-state index contributed by atoms with van der Waals surface area (Å²) < 4.78 is 0. The number of rotatable bonds is 7. The molecule has 4 aromatic carbocycles. The van der Waals surface area contributed by atoms with Crippen molar-refractivity contribution < 1.29 is 9.90 Å². The number of carbonyl (C=O) groups excluding carboxylic acids is 1. The second kappa shape index (κ2) is 12.8. The van der Waals surface area contributed by atoms with E-state index in [9.17, 15) is 9.90 Å². The molecule has 1 saturated heterocycles. The van der Waals surface area contributed by atoms with Crippen molar-refractivity contribution in [2.75, 3.05) is 26.2 Å². The molecule has 1 aliphatic heterocycles. The third-order valence-corrected chi connectivity index (χ3v) is 8.38. The Labute approximate surface area is 253 Å². The van der Waals surface area contributed by atoms with Gasteiger partial charge in [-0.15, -0.1) is 0 Å². The minimum absolute atomic E-state index is 0.339. The summed E-state index contributed by atoms with van der Waals surface area (Å²) in [4.78, 5) is 21.6. The van der Waals surface area contributed by atoms with Gasteiger partial charge in [-0.1, -0.05) is 78.6 Å². The van der Waals surface area contributed by atoms with E-state index < -0.39 is 6.10 Å². The number of aliphatic hydroxyl groups excluding tert-OH is 1. The molecule has 1 atom stereocenters. The van der Waals surface area contributed by atoms with Gasteiger partial charge in [0, 0.05) is 72.7 Å². The quantitative estimate of drug-likeness (QED) is 0.170. The number of piperazine rings is 1. The van der Waals surface area contributed by atoms with Crippen LogP contribution in [0.15, 0.2) is 103 Å². The summed E-state index contributed by atoms with van der Waals surface area (Å²) in [6, 6.07) is 31.8. The molecule has 1 aliphatic rings. The molecule has 1 unspecified atom stereocenters. The number of hydrogen-bond acceptors (Lipinski definition) is 4. The first-order chi connectivity index (χ1) is 21.0. The maximum atomic E-state index is 13.3. The number of nitrogens with one attached hydrogen (secondary N) is 1. The van der Waals surface area contributed by atoms with E-state index in [1.54, 1.807) is 24.3 Å². The maximum Gasteiger partial charge on any atom is 0.195 e. The second-order valence-electron chi connectivity index (χ2n) is 11.5. The van der Waals surface area contributed by atoms with E-state index in [1.165, 1.54) is 5.56 Å². The molecule has 2 N–H and O–H groups in total. The van der Waals surface area contributed by atoms with Crippen LogP contribution in [0.4, 0.5) is 0 Å². The molecule has 216 valence electrons. The molecule has 1 fully saturated rings. The summed E-state index contributed by atoms with van der Waals surface area (Å²) in [5.41, 5.74) is 6.62. The van der Waals surface area contributed by atoms with Gasteiger partial charge in [0.25, 0.3) is 0 Å². The van der Waals surface area contributed by atoms with Crippen molar-refractivity contribution >= 4 is 16.7 Å². The molecule has 6 rings (SSSR count). The Kier molecular flexibility index (Phi) is 8.53. The van der Waals surface area contributed by atoms with Crippen LogP contribution in [0.25, 0.3) is 22.0 Å². The lowest BCUT2D eigenvalue weighted by molar-refractivity contribution is 0.0748. The summed E-state index contributed by atoms with van der Waals surface area (Å²) in [5.74, 6) is 6.36. The number of aromatic amines is 1. The second-order valence-corrected chi connectivity index (χ2v) is 11.5. The van der Waals surface area contributed by atoms with Gasteiger partial charge in [-0.25, -0.2) is 0 Å². The molecular weight excluding hydrogens is 530 g/mol. The van der Waals surface area contributed by atoms with Gasteiger partial charge in [-0.2, -0.15) is 0 Å². The van der Waals surface area contributed by atoms with Gasteiger partial charge < -0.3 is 10.1 Å². The Morgan fingerprint density at radius 1 is 0.860 bits per heavy atom. The van der Waals surface area contributed by atoms with Crippen LogP contribution in [-0.2, 0) is 6.54 Å². The summed E-state index contributed by atoms with van der Waals surface area (Å²) in [5, 5.41) is 12.5. The monoisotopic (exact) mass is 567 g/mol. The number of hydrogen-bond donors (Lipinski definition) is 2. The highest BCUT2D eigenvalue weighted by Crippen LogP contribution is 2.34. The van der Waals surface area contributed by atoms with Crippen molar-refractivity contribution in [2.45, 2.75) is 32.5 Å². The predicted molar refractivity (Wildman–Crippen MR) is 174 cm³/mol. The number of carbonyl (C=O) groups is 1. The zero-order valence-corrected chi connectivity index (χ0v) is 24.8. The minimum atomic E-state index is -1.32. The number of benzene rings is 4. The Hall–Kier alpha value is -4.47. The van der Waals surface area contributed by atoms with E-state index in [-0.39, 0.29) is 5.78 Å². The Bertz CT molecular complexity index is 1770. The molecule has 0 saturated carbocycles. The van der Waals surface area contributed by atoms with Gasteiger partial charge in [-0.05, 0) is 66.3 Å². The highest BCUT2D eigenvalue weighted by molar-refractivity contribution is 6.01. The van der Waals surface area contributed by atoms with Crippen molar-refractivity contribution in [1.82, 2.24) is 14.8 Å². The lowest BCUT2D eigenvalue weighted by Crippen LogP contribution is -2.48. The van der Waals surface area contributed by atoms with Crippen molar-refractivity contribution in [3.8, 4) is 23.0 Å². The van der Waals surface area contributed by atoms with E-state index >= 15 is 0 Å². The Morgan fingerprint density at radius 2 is 1.63 bits per heavy atom. The van der Waals surface area contributed by atoms with Gasteiger partial charge >= 0.3 is 0 Å².